The molecule has 1 heterocycles. The smallest absolute Gasteiger partial charge is 0.123 e. The molecule has 4 heteroatoms. The SMILES string of the molecule is Cc1ccc(-n2cc(N)c(-c3ccc(F)cc3)n2)c(C)c1. The second-order valence-electron chi connectivity index (χ2n) is 5.17. The molecule has 106 valence electrons. The fourth-order valence-electron chi connectivity index (χ4n) is 2.41. The van der Waals surface area contributed by atoms with Gasteiger partial charge in [-0.2, -0.15) is 5.10 Å². The third kappa shape index (κ3) is 2.52. The number of hydrogen-bond acceptors (Lipinski definition) is 2. The summed E-state index contributed by atoms with van der Waals surface area (Å²) in [6.07, 6.45) is 1.79. The highest BCUT2D eigenvalue weighted by atomic mass is 19.1. The highest BCUT2D eigenvalue weighted by molar-refractivity contribution is 5.72. The number of halogens is 1. The number of hydrogen-bond donors (Lipinski definition) is 1. The largest absolute Gasteiger partial charge is 0.396 e. The zero-order chi connectivity index (χ0) is 15.0. The van der Waals surface area contributed by atoms with Crippen molar-refractivity contribution < 1.29 is 4.39 Å². The van der Waals surface area contributed by atoms with Crippen LogP contribution in [-0.4, -0.2) is 9.78 Å². The van der Waals surface area contributed by atoms with Gasteiger partial charge in [0.2, 0.25) is 0 Å². The van der Waals surface area contributed by atoms with Crippen LogP contribution in [0.2, 0.25) is 0 Å². The van der Waals surface area contributed by atoms with Gasteiger partial charge in [-0.1, -0.05) is 17.7 Å². The summed E-state index contributed by atoms with van der Waals surface area (Å²) in [7, 11) is 0. The van der Waals surface area contributed by atoms with Crippen molar-refractivity contribution >= 4 is 5.69 Å². The molecule has 0 saturated heterocycles. The van der Waals surface area contributed by atoms with E-state index < -0.39 is 0 Å². The Kier molecular flexibility index (Phi) is 3.22. The number of aryl methyl sites for hydroxylation is 2. The zero-order valence-corrected chi connectivity index (χ0v) is 12.0. The molecule has 2 aromatic carbocycles. The molecular weight excluding hydrogens is 265 g/mol. The third-order valence-corrected chi connectivity index (χ3v) is 3.46. The molecule has 3 aromatic rings. The molecule has 3 rings (SSSR count). The molecule has 0 unspecified atom stereocenters. The number of nitrogen functional groups attached to an aromatic ring is 1. The maximum Gasteiger partial charge on any atom is 0.123 e. The molecule has 0 bridgehead atoms. The summed E-state index contributed by atoms with van der Waals surface area (Å²) in [5, 5.41) is 4.54. The monoisotopic (exact) mass is 281 g/mol. The van der Waals surface area contributed by atoms with Crippen LogP contribution < -0.4 is 5.73 Å². The fourth-order valence-corrected chi connectivity index (χ4v) is 2.41. The molecular formula is C17H16FN3. The molecule has 0 atom stereocenters. The van der Waals surface area contributed by atoms with Gasteiger partial charge in [-0.15, -0.1) is 0 Å². The summed E-state index contributed by atoms with van der Waals surface area (Å²) in [5.74, 6) is -0.272. The maximum absolute atomic E-state index is 13.0. The number of rotatable bonds is 2. The molecule has 21 heavy (non-hydrogen) atoms. The minimum absolute atomic E-state index is 0.272. The third-order valence-electron chi connectivity index (χ3n) is 3.46. The van der Waals surface area contributed by atoms with Gasteiger partial charge < -0.3 is 5.73 Å². The topological polar surface area (TPSA) is 43.8 Å². The summed E-state index contributed by atoms with van der Waals surface area (Å²) in [5.41, 5.74) is 11.4. The van der Waals surface area contributed by atoms with E-state index in [1.54, 1.807) is 23.0 Å². The lowest BCUT2D eigenvalue weighted by Gasteiger charge is -2.06. The van der Waals surface area contributed by atoms with Crippen molar-refractivity contribution in [1.29, 1.82) is 0 Å². The van der Waals surface area contributed by atoms with Crippen LogP contribution in [0.5, 0.6) is 0 Å². The standard InChI is InChI=1S/C17H16FN3/c1-11-3-8-16(12(2)9-11)21-10-15(19)17(20-21)13-4-6-14(18)7-5-13/h3-10H,19H2,1-2H3. The Morgan fingerprint density at radius 3 is 2.43 bits per heavy atom. The first-order valence-corrected chi connectivity index (χ1v) is 6.73. The van der Waals surface area contributed by atoms with Crippen LogP contribution in [0.15, 0.2) is 48.7 Å². The van der Waals surface area contributed by atoms with Crippen molar-refractivity contribution in [2.75, 3.05) is 5.73 Å². The van der Waals surface area contributed by atoms with Crippen LogP contribution in [0.3, 0.4) is 0 Å². The zero-order valence-electron chi connectivity index (χ0n) is 12.0. The molecule has 0 spiro atoms. The van der Waals surface area contributed by atoms with Gasteiger partial charge in [0.05, 0.1) is 17.6 Å². The minimum Gasteiger partial charge on any atom is -0.396 e. The molecule has 0 saturated carbocycles. The number of anilines is 1. The van der Waals surface area contributed by atoms with Gasteiger partial charge in [-0.25, -0.2) is 9.07 Å². The Morgan fingerprint density at radius 2 is 1.76 bits per heavy atom. The Morgan fingerprint density at radius 1 is 1.05 bits per heavy atom. The van der Waals surface area contributed by atoms with Crippen LogP contribution in [0.25, 0.3) is 16.9 Å². The minimum atomic E-state index is -0.272. The summed E-state index contributed by atoms with van der Waals surface area (Å²) in [4.78, 5) is 0. The highest BCUT2D eigenvalue weighted by Gasteiger charge is 2.11. The van der Waals surface area contributed by atoms with Crippen LogP contribution in [-0.2, 0) is 0 Å². The molecule has 0 aliphatic heterocycles. The lowest BCUT2D eigenvalue weighted by molar-refractivity contribution is 0.628. The van der Waals surface area contributed by atoms with Gasteiger partial charge in [0.15, 0.2) is 0 Å². The fraction of sp³-hybridized carbons (Fsp3) is 0.118. The van der Waals surface area contributed by atoms with Crippen LogP contribution in [0, 0.1) is 19.7 Å². The van der Waals surface area contributed by atoms with E-state index in [1.807, 2.05) is 19.1 Å². The number of nitrogens with zero attached hydrogens (tertiary/aromatic N) is 2. The normalized spacial score (nSPS) is 10.8. The Balaban J connectivity index is 2.07. The Bertz CT molecular complexity index is 788. The Labute approximate surface area is 122 Å². The van der Waals surface area contributed by atoms with Crippen molar-refractivity contribution in [2.45, 2.75) is 13.8 Å². The van der Waals surface area contributed by atoms with E-state index in [0.29, 0.717) is 11.4 Å². The van der Waals surface area contributed by atoms with Crippen LogP contribution in [0.1, 0.15) is 11.1 Å². The summed E-state index contributed by atoms with van der Waals surface area (Å²) >= 11 is 0. The van der Waals surface area contributed by atoms with Gasteiger partial charge in [0, 0.05) is 5.56 Å². The van der Waals surface area contributed by atoms with Gasteiger partial charge in [0.1, 0.15) is 11.5 Å². The van der Waals surface area contributed by atoms with E-state index in [0.717, 1.165) is 16.8 Å². The van der Waals surface area contributed by atoms with Crippen LogP contribution >= 0.6 is 0 Å². The van der Waals surface area contributed by atoms with Crippen molar-refractivity contribution in [3.63, 3.8) is 0 Å². The summed E-state index contributed by atoms with van der Waals surface area (Å²) in [6, 6.07) is 12.3. The molecule has 2 N–H and O–H groups in total. The van der Waals surface area contributed by atoms with Gasteiger partial charge in [0.25, 0.3) is 0 Å². The summed E-state index contributed by atoms with van der Waals surface area (Å²) < 4.78 is 14.8. The average molecular weight is 281 g/mol. The first-order valence-electron chi connectivity index (χ1n) is 6.73. The maximum atomic E-state index is 13.0. The van der Waals surface area contributed by atoms with Gasteiger partial charge >= 0.3 is 0 Å². The second kappa shape index (κ2) is 5.05. The molecule has 1 aromatic heterocycles. The van der Waals surface area contributed by atoms with Crippen molar-refractivity contribution in [3.05, 3.63) is 65.6 Å². The lowest BCUT2D eigenvalue weighted by Crippen LogP contribution is -1.98. The number of nitrogens with two attached hydrogens (primary N) is 1. The predicted octanol–water partition coefficient (Wildman–Crippen LogP) is 3.88. The first kappa shape index (κ1) is 13.4. The van der Waals surface area contributed by atoms with E-state index in [1.165, 1.54) is 17.7 Å². The highest BCUT2D eigenvalue weighted by Crippen LogP contribution is 2.26. The molecule has 0 aliphatic rings. The van der Waals surface area contributed by atoms with Gasteiger partial charge in [-0.3, -0.25) is 0 Å². The molecule has 0 fully saturated rings. The molecule has 3 nitrogen and oxygen atoms in total. The number of aromatic nitrogens is 2. The van der Waals surface area contributed by atoms with Crippen molar-refractivity contribution in [1.82, 2.24) is 9.78 Å². The molecule has 0 aliphatic carbocycles. The van der Waals surface area contributed by atoms with E-state index in [-0.39, 0.29) is 5.82 Å². The molecule has 0 radical (unpaired) electrons. The van der Waals surface area contributed by atoms with E-state index in [9.17, 15) is 4.39 Å². The second-order valence-corrected chi connectivity index (χ2v) is 5.17. The average Bonchev–Trinajstić information content (AvgIpc) is 2.81. The predicted molar refractivity (Wildman–Crippen MR) is 82.8 cm³/mol. The number of benzene rings is 2. The van der Waals surface area contributed by atoms with Gasteiger partial charge in [-0.05, 0) is 49.7 Å². The molecule has 0 amide bonds. The van der Waals surface area contributed by atoms with E-state index in [2.05, 4.69) is 18.1 Å². The summed E-state index contributed by atoms with van der Waals surface area (Å²) in [6.45, 7) is 4.09. The van der Waals surface area contributed by atoms with E-state index in [4.69, 9.17) is 5.73 Å². The van der Waals surface area contributed by atoms with Crippen LogP contribution in [0.4, 0.5) is 10.1 Å². The van der Waals surface area contributed by atoms with Crippen molar-refractivity contribution in [2.24, 2.45) is 0 Å². The first-order chi connectivity index (χ1) is 10.0. The lowest BCUT2D eigenvalue weighted by atomic mass is 10.1. The Hall–Kier alpha value is -2.62. The van der Waals surface area contributed by atoms with Crippen molar-refractivity contribution in [3.8, 4) is 16.9 Å². The quantitative estimate of drug-likeness (QED) is 0.774. The van der Waals surface area contributed by atoms with E-state index >= 15 is 0 Å².